The maximum absolute atomic E-state index is 10.2. The van der Waals surface area contributed by atoms with Crippen molar-refractivity contribution in [3.63, 3.8) is 0 Å². The first-order chi connectivity index (χ1) is 14.2. The van der Waals surface area contributed by atoms with E-state index in [9.17, 15) is 5.11 Å². The Hall–Kier alpha value is -3.07. The van der Waals surface area contributed by atoms with Gasteiger partial charge in [-0.25, -0.2) is 4.98 Å². The summed E-state index contributed by atoms with van der Waals surface area (Å²) in [4.78, 5) is 13.7. The Morgan fingerprint density at radius 3 is 2.70 bits per heavy atom. The van der Waals surface area contributed by atoms with Crippen LogP contribution in [0.15, 0.2) is 24.5 Å². The summed E-state index contributed by atoms with van der Waals surface area (Å²) in [5.74, 6) is 1.75. The number of anilines is 3. The summed E-state index contributed by atoms with van der Waals surface area (Å²) in [6.45, 7) is 9.35. The number of aliphatic hydroxyl groups is 1. The first-order valence-corrected chi connectivity index (χ1v) is 10.1. The maximum Gasteiger partial charge on any atom is 0.226 e. The van der Waals surface area contributed by atoms with Crippen LogP contribution in [-0.4, -0.2) is 43.9 Å². The first kappa shape index (κ1) is 21.6. The number of rotatable bonds is 9. The largest absolute Gasteiger partial charge is 0.495 e. The minimum atomic E-state index is -0.798. The number of ether oxygens (including phenoxy) is 1. The molecule has 0 amide bonds. The Kier molecular flexibility index (Phi) is 6.31. The lowest BCUT2D eigenvalue weighted by Crippen LogP contribution is -2.33. The minimum absolute atomic E-state index is 0.0147. The van der Waals surface area contributed by atoms with Gasteiger partial charge in [0.15, 0.2) is 17.0 Å². The molecule has 0 aliphatic heterocycles. The summed E-state index contributed by atoms with van der Waals surface area (Å²) in [5, 5.41) is 16.8. The maximum atomic E-state index is 10.2. The molecule has 30 heavy (non-hydrogen) atoms. The SMILES string of the molecule is CCn1cnc2c(NCc3cccc(OC)c3N)nc(NCC(C)C(C)(C)O)nc21. The van der Waals surface area contributed by atoms with Gasteiger partial charge < -0.3 is 30.8 Å². The lowest BCUT2D eigenvalue weighted by molar-refractivity contribution is 0.0303. The van der Waals surface area contributed by atoms with Gasteiger partial charge in [0.2, 0.25) is 5.95 Å². The van der Waals surface area contributed by atoms with Crippen LogP contribution in [0.3, 0.4) is 0 Å². The van der Waals surface area contributed by atoms with Crippen molar-refractivity contribution in [2.75, 3.05) is 30.0 Å². The van der Waals surface area contributed by atoms with E-state index in [0.717, 1.165) is 17.8 Å². The van der Waals surface area contributed by atoms with Gasteiger partial charge in [0.25, 0.3) is 0 Å². The normalized spacial score (nSPS) is 12.7. The fraction of sp³-hybridized carbons (Fsp3) is 0.476. The molecule has 9 heteroatoms. The smallest absolute Gasteiger partial charge is 0.226 e. The van der Waals surface area contributed by atoms with Gasteiger partial charge in [-0.05, 0) is 32.4 Å². The van der Waals surface area contributed by atoms with Gasteiger partial charge in [-0.2, -0.15) is 9.97 Å². The molecule has 0 radical (unpaired) electrons. The van der Waals surface area contributed by atoms with Crippen LogP contribution in [0.25, 0.3) is 11.2 Å². The number of nitrogens with zero attached hydrogens (tertiary/aromatic N) is 4. The molecule has 0 aliphatic carbocycles. The summed E-state index contributed by atoms with van der Waals surface area (Å²) < 4.78 is 7.27. The number of para-hydroxylation sites is 1. The molecule has 162 valence electrons. The number of hydrogen-bond acceptors (Lipinski definition) is 8. The monoisotopic (exact) mass is 413 g/mol. The molecule has 0 aliphatic rings. The van der Waals surface area contributed by atoms with E-state index in [-0.39, 0.29) is 5.92 Å². The number of aromatic nitrogens is 4. The third-order valence-electron chi connectivity index (χ3n) is 5.40. The number of imidazole rings is 1. The van der Waals surface area contributed by atoms with Gasteiger partial charge >= 0.3 is 0 Å². The van der Waals surface area contributed by atoms with Crippen molar-refractivity contribution >= 4 is 28.6 Å². The summed E-state index contributed by atoms with van der Waals surface area (Å²) >= 11 is 0. The Labute approximate surface area is 176 Å². The van der Waals surface area contributed by atoms with Gasteiger partial charge in [-0.15, -0.1) is 0 Å². The second-order valence-corrected chi connectivity index (χ2v) is 7.92. The number of hydrogen-bond donors (Lipinski definition) is 4. The quantitative estimate of drug-likeness (QED) is 0.395. The van der Waals surface area contributed by atoms with Gasteiger partial charge in [-0.1, -0.05) is 19.1 Å². The zero-order valence-electron chi connectivity index (χ0n) is 18.2. The molecule has 1 aromatic carbocycles. The van der Waals surface area contributed by atoms with E-state index in [1.807, 2.05) is 36.6 Å². The topological polar surface area (TPSA) is 123 Å². The van der Waals surface area contributed by atoms with Crippen molar-refractivity contribution in [3.05, 3.63) is 30.1 Å². The van der Waals surface area contributed by atoms with Gasteiger partial charge in [0.1, 0.15) is 5.75 Å². The van der Waals surface area contributed by atoms with Crippen molar-refractivity contribution in [1.29, 1.82) is 0 Å². The predicted octanol–water partition coefficient (Wildman–Crippen LogP) is 2.87. The molecule has 0 spiro atoms. The molecule has 2 heterocycles. The zero-order chi connectivity index (χ0) is 21.9. The zero-order valence-corrected chi connectivity index (χ0v) is 18.2. The van der Waals surface area contributed by atoms with E-state index in [2.05, 4.69) is 25.6 Å². The van der Waals surface area contributed by atoms with Crippen molar-refractivity contribution in [3.8, 4) is 5.75 Å². The number of nitrogens with two attached hydrogens (primary N) is 1. The molecule has 0 saturated carbocycles. The number of nitrogens with one attached hydrogen (secondary N) is 2. The number of benzene rings is 1. The lowest BCUT2D eigenvalue weighted by Gasteiger charge is -2.26. The van der Waals surface area contributed by atoms with Crippen LogP contribution in [0, 0.1) is 5.92 Å². The second-order valence-electron chi connectivity index (χ2n) is 7.92. The van der Waals surface area contributed by atoms with Gasteiger partial charge in [0, 0.05) is 25.6 Å². The van der Waals surface area contributed by atoms with Crippen LogP contribution in [0.2, 0.25) is 0 Å². The molecule has 0 fully saturated rings. The Balaban J connectivity index is 1.88. The fourth-order valence-corrected chi connectivity index (χ4v) is 2.97. The van der Waals surface area contributed by atoms with Gasteiger partial charge in [0.05, 0.1) is 24.7 Å². The first-order valence-electron chi connectivity index (χ1n) is 10.1. The summed E-state index contributed by atoms with van der Waals surface area (Å²) in [7, 11) is 1.60. The van der Waals surface area contributed by atoms with E-state index < -0.39 is 5.60 Å². The third kappa shape index (κ3) is 4.56. The average Bonchev–Trinajstić information content (AvgIpc) is 3.13. The lowest BCUT2D eigenvalue weighted by atomic mass is 9.93. The molecule has 5 N–H and O–H groups in total. The molecular weight excluding hydrogens is 382 g/mol. The molecular formula is C21H31N7O2. The van der Waals surface area contributed by atoms with Crippen molar-refractivity contribution in [1.82, 2.24) is 19.5 Å². The molecule has 3 rings (SSSR count). The van der Waals surface area contributed by atoms with Crippen LogP contribution >= 0.6 is 0 Å². The summed E-state index contributed by atoms with van der Waals surface area (Å²) in [6, 6.07) is 5.67. The molecule has 3 aromatic rings. The van der Waals surface area contributed by atoms with E-state index in [1.54, 1.807) is 27.3 Å². The third-order valence-corrected chi connectivity index (χ3v) is 5.40. The number of aryl methyl sites for hydroxylation is 1. The highest BCUT2D eigenvalue weighted by molar-refractivity contribution is 5.84. The highest BCUT2D eigenvalue weighted by atomic mass is 16.5. The Bertz CT molecular complexity index is 1010. The second kappa shape index (κ2) is 8.74. The van der Waals surface area contributed by atoms with E-state index in [1.165, 1.54) is 0 Å². The minimum Gasteiger partial charge on any atom is -0.495 e. The Morgan fingerprint density at radius 1 is 1.27 bits per heavy atom. The Morgan fingerprint density at radius 2 is 2.03 bits per heavy atom. The van der Waals surface area contributed by atoms with Crippen molar-refractivity contribution in [2.45, 2.75) is 46.4 Å². The highest BCUT2D eigenvalue weighted by Gasteiger charge is 2.22. The number of methoxy groups -OCH3 is 1. The van der Waals surface area contributed by atoms with Gasteiger partial charge in [-0.3, -0.25) is 0 Å². The van der Waals surface area contributed by atoms with E-state index >= 15 is 0 Å². The van der Waals surface area contributed by atoms with Crippen LogP contribution in [-0.2, 0) is 13.1 Å². The molecule has 0 saturated heterocycles. The molecule has 1 atom stereocenters. The van der Waals surface area contributed by atoms with Crippen LogP contribution in [0.4, 0.5) is 17.5 Å². The van der Waals surface area contributed by atoms with Crippen molar-refractivity contribution in [2.24, 2.45) is 5.92 Å². The standard InChI is InChI=1S/C21H31N7O2/c1-6-28-12-25-17-18(23-11-14-8-7-9-15(30-5)16(14)22)26-20(27-19(17)28)24-10-13(2)21(3,4)29/h7-9,12-13,29H,6,10-11,22H2,1-5H3,(H2,23,24,26,27). The number of nitrogen functional groups attached to an aromatic ring is 1. The summed E-state index contributed by atoms with van der Waals surface area (Å²) in [6.07, 6.45) is 1.76. The average molecular weight is 414 g/mol. The molecule has 0 bridgehead atoms. The number of fused-ring (bicyclic) bond motifs is 1. The predicted molar refractivity (Wildman–Crippen MR) is 120 cm³/mol. The van der Waals surface area contributed by atoms with Crippen LogP contribution in [0.1, 0.15) is 33.3 Å². The molecule has 1 unspecified atom stereocenters. The van der Waals surface area contributed by atoms with E-state index in [4.69, 9.17) is 10.5 Å². The van der Waals surface area contributed by atoms with Crippen LogP contribution in [0.5, 0.6) is 5.75 Å². The highest BCUT2D eigenvalue weighted by Crippen LogP contribution is 2.27. The molecule has 9 nitrogen and oxygen atoms in total. The fourth-order valence-electron chi connectivity index (χ4n) is 2.97. The summed E-state index contributed by atoms with van der Waals surface area (Å²) in [5.41, 5.74) is 8.33. The van der Waals surface area contributed by atoms with Crippen molar-refractivity contribution < 1.29 is 9.84 Å². The van der Waals surface area contributed by atoms with Crippen LogP contribution < -0.4 is 21.1 Å². The van der Waals surface area contributed by atoms with E-state index in [0.29, 0.717) is 41.8 Å². The molecule has 2 aromatic heterocycles.